The summed E-state index contributed by atoms with van der Waals surface area (Å²) in [6.07, 6.45) is 0. The molecule has 0 saturated carbocycles. The van der Waals surface area contributed by atoms with E-state index in [2.05, 4.69) is 10.6 Å². The average Bonchev–Trinajstić information content (AvgIpc) is 2.54. The summed E-state index contributed by atoms with van der Waals surface area (Å²) < 4.78 is 0. The number of likely N-dealkylation sites (N-methyl/N-ethyl adjacent to an activating group) is 1. The molecule has 0 unspecified atom stereocenters. The van der Waals surface area contributed by atoms with E-state index in [-0.39, 0.29) is 24.9 Å². The summed E-state index contributed by atoms with van der Waals surface area (Å²) in [4.78, 5) is 25.9. The van der Waals surface area contributed by atoms with Crippen LogP contribution in [-0.4, -0.2) is 36.9 Å². The Morgan fingerprint density at radius 2 is 1.54 bits per heavy atom. The molecule has 0 aliphatic rings. The van der Waals surface area contributed by atoms with Gasteiger partial charge in [-0.3, -0.25) is 14.5 Å². The van der Waals surface area contributed by atoms with Gasteiger partial charge in [-0.2, -0.15) is 0 Å². The van der Waals surface area contributed by atoms with Crippen molar-refractivity contribution < 1.29 is 9.59 Å². The number of nitrogens with one attached hydrogen (secondary N) is 2. The number of aryl methyl sites for hydroxylation is 1. The lowest BCUT2D eigenvalue weighted by Crippen LogP contribution is -2.36. The van der Waals surface area contributed by atoms with Gasteiger partial charge in [0, 0.05) is 10.7 Å². The SMILES string of the molecule is Cc1ccc(Cl)cc1NC(=O)CN(C)CC(=O)Nc1c(Cl)cccc1Cl. The quantitative estimate of drug-likeness (QED) is 0.733. The Kier molecular flexibility index (Phi) is 7.29. The van der Waals surface area contributed by atoms with Gasteiger partial charge in [0.15, 0.2) is 0 Å². The number of carbonyl (C=O) groups is 2. The Labute approximate surface area is 167 Å². The molecule has 2 aromatic carbocycles. The lowest BCUT2D eigenvalue weighted by molar-refractivity contribution is -0.119. The van der Waals surface area contributed by atoms with Gasteiger partial charge in [-0.05, 0) is 43.8 Å². The van der Waals surface area contributed by atoms with E-state index in [0.29, 0.717) is 26.4 Å². The van der Waals surface area contributed by atoms with Gasteiger partial charge in [0.2, 0.25) is 11.8 Å². The molecule has 2 aromatic rings. The fraction of sp³-hybridized carbons (Fsp3) is 0.222. The molecule has 8 heteroatoms. The van der Waals surface area contributed by atoms with Crippen LogP contribution in [0.4, 0.5) is 11.4 Å². The van der Waals surface area contributed by atoms with Crippen LogP contribution in [-0.2, 0) is 9.59 Å². The Balaban J connectivity index is 1.89. The zero-order valence-corrected chi connectivity index (χ0v) is 16.5. The monoisotopic (exact) mass is 413 g/mol. The summed E-state index contributed by atoms with van der Waals surface area (Å²) >= 11 is 18.0. The fourth-order valence-electron chi connectivity index (χ4n) is 2.26. The maximum atomic E-state index is 12.2. The van der Waals surface area contributed by atoms with E-state index in [1.54, 1.807) is 42.3 Å². The van der Waals surface area contributed by atoms with Gasteiger partial charge in [-0.15, -0.1) is 0 Å². The molecule has 138 valence electrons. The van der Waals surface area contributed by atoms with E-state index in [1.165, 1.54) is 0 Å². The zero-order valence-electron chi connectivity index (χ0n) is 14.3. The van der Waals surface area contributed by atoms with E-state index in [0.717, 1.165) is 5.56 Å². The van der Waals surface area contributed by atoms with E-state index in [4.69, 9.17) is 34.8 Å². The van der Waals surface area contributed by atoms with E-state index >= 15 is 0 Å². The van der Waals surface area contributed by atoms with Crippen LogP contribution < -0.4 is 10.6 Å². The summed E-state index contributed by atoms with van der Waals surface area (Å²) in [6.45, 7) is 1.91. The number of hydrogen-bond donors (Lipinski definition) is 2. The molecule has 0 aromatic heterocycles. The van der Waals surface area contributed by atoms with E-state index in [9.17, 15) is 9.59 Å². The number of hydrogen-bond acceptors (Lipinski definition) is 3. The molecule has 2 rings (SSSR count). The van der Waals surface area contributed by atoms with Crippen LogP contribution in [0.5, 0.6) is 0 Å². The van der Waals surface area contributed by atoms with Crippen molar-refractivity contribution in [1.82, 2.24) is 4.90 Å². The minimum atomic E-state index is -0.325. The number of halogens is 3. The summed E-state index contributed by atoms with van der Waals surface area (Å²) in [6, 6.07) is 10.2. The standard InChI is InChI=1S/C18H18Cl3N3O2/c1-11-6-7-12(19)8-15(11)22-16(25)9-24(2)10-17(26)23-18-13(20)4-3-5-14(18)21/h3-8H,9-10H2,1-2H3,(H,22,25)(H,23,26). The first-order chi connectivity index (χ1) is 12.3. The van der Waals surface area contributed by atoms with Crippen LogP contribution in [0.3, 0.4) is 0 Å². The molecule has 2 N–H and O–H groups in total. The van der Waals surface area contributed by atoms with E-state index < -0.39 is 0 Å². The first-order valence-electron chi connectivity index (χ1n) is 7.74. The summed E-state index contributed by atoms with van der Waals surface area (Å²) in [5.41, 5.74) is 1.90. The van der Waals surface area contributed by atoms with Crippen LogP contribution in [0.2, 0.25) is 15.1 Å². The van der Waals surface area contributed by atoms with Gasteiger partial charge >= 0.3 is 0 Å². The van der Waals surface area contributed by atoms with Crippen molar-refractivity contribution in [2.45, 2.75) is 6.92 Å². The highest BCUT2D eigenvalue weighted by Crippen LogP contribution is 2.29. The summed E-state index contributed by atoms with van der Waals surface area (Å²) in [5.74, 6) is -0.573. The first-order valence-corrected chi connectivity index (χ1v) is 8.88. The van der Waals surface area contributed by atoms with Gasteiger partial charge in [0.25, 0.3) is 0 Å². The molecule has 5 nitrogen and oxygen atoms in total. The maximum absolute atomic E-state index is 12.2. The molecule has 0 radical (unpaired) electrons. The van der Waals surface area contributed by atoms with Crippen molar-refractivity contribution in [3.8, 4) is 0 Å². The topological polar surface area (TPSA) is 61.4 Å². The highest BCUT2D eigenvalue weighted by Gasteiger charge is 2.14. The number of benzene rings is 2. The average molecular weight is 415 g/mol. The minimum absolute atomic E-state index is 0.00347. The summed E-state index contributed by atoms with van der Waals surface area (Å²) in [5, 5.41) is 6.68. The third-order valence-electron chi connectivity index (χ3n) is 3.53. The Bertz CT molecular complexity index is 807. The van der Waals surface area contributed by atoms with Crippen LogP contribution in [0.25, 0.3) is 0 Å². The van der Waals surface area contributed by atoms with Gasteiger partial charge in [0.05, 0.1) is 28.8 Å². The van der Waals surface area contributed by atoms with Gasteiger partial charge < -0.3 is 10.6 Å². The van der Waals surface area contributed by atoms with Crippen LogP contribution >= 0.6 is 34.8 Å². The van der Waals surface area contributed by atoms with Gasteiger partial charge in [-0.1, -0.05) is 46.9 Å². The molecule has 26 heavy (non-hydrogen) atoms. The Hall–Kier alpha value is -1.79. The van der Waals surface area contributed by atoms with Gasteiger partial charge in [-0.25, -0.2) is 0 Å². The molecular formula is C18H18Cl3N3O2. The molecule has 0 fully saturated rings. The molecule has 0 bridgehead atoms. The van der Waals surface area contributed by atoms with Crippen molar-refractivity contribution in [1.29, 1.82) is 0 Å². The van der Waals surface area contributed by atoms with Crippen molar-refractivity contribution in [2.24, 2.45) is 0 Å². The summed E-state index contributed by atoms with van der Waals surface area (Å²) in [7, 11) is 1.66. The molecule has 0 aliphatic carbocycles. The number of carbonyl (C=O) groups excluding carboxylic acids is 2. The lowest BCUT2D eigenvalue weighted by atomic mass is 10.2. The third kappa shape index (κ3) is 5.88. The molecule has 2 amide bonds. The predicted octanol–water partition coefficient (Wildman–Crippen LogP) is 4.46. The van der Waals surface area contributed by atoms with Crippen molar-refractivity contribution in [3.05, 3.63) is 57.0 Å². The van der Waals surface area contributed by atoms with Crippen LogP contribution in [0, 0.1) is 6.92 Å². The molecule has 0 spiro atoms. The molecule has 0 aliphatic heterocycles. The van der Waals surface area contributed by atoms with Crippen LogP contribution in [0.15, 0.2) is 36.4 Å². The fourth-order valence-corrected chi connectivity index (χ4v) is 2.93. The smallest absolute Gasteiger partial charge is 0.238 e. The molecule has 0 heterocycles. The predicted molar refractivity (Wildman–Crippen MR) is 107 cm³/mol. The number of para-hydroxylation sites is 1. The number of rotatable bonds is 6. The highest BCUT2D eigenvalue weighted by molar-refractivity contribution is 6.39. The van der Waals surface area contributed by atoms with Crippen molar-refractivity contribution in [2.75, 3.05) is 30.8 Å². The minimum Gasteiger partial charge on any atom is -0.325 e. The second kappa shape index (κ2) is 9.24. The Morgan fingerprint density at radius 3 is 2.15 bits per heavy atom. The number of anilines is 2. The molecule has 0 atom stereocenters. The zero-order chi connectivity index (χ0) is 19.3. The second-order valence-electron chi connectivity index (χ2n) is 5.82. The normalized spacial score (nSPS) is 10.7. The largest absolute Gasteiger partial charge is 0.325 e. The van der Waals surface area contributed by atoms with E-state index in [1.807, 2.05) is 13.0 Å². The Morgan fingerprint density at radius 1 is 0.962 bits per heavy atom. The molecular weight excluding hydrogens is 397 g/mol. The van der Waals surface area contributed by atoms with Crippen molar-refractivity contribution in [3.63, 3.8) is 0 Å². The highest BCUT2D eigenvalue weighted by atomic mass is 35.5. The lowest BCUT2D eigenvalue weighted by Gasteiger charge is -2.17. The maximum Gasteiger partial charge on any atom is 0.238 e. The van der Waals surface area contributed by atoms with Gasteiger partial charge in [0.1, 0.15) is 0 Å². The number of nitrogens with zero attached hydrogens (tertiary/aromatic N) is 1. The van der Waals surface area contributed by atoms with Crippen molar-refractivity contribution >= 4 is 58.0 Å². The second-order valence-corrected chi connectivity index (χ2v) is 7.08. The number of amides is 2. The first kappa shape index (κ1) is 20.5. The molecule has 0 saturated heterocycles. The third-order valence-corrected chi connectivity index (χ3v) is 4.39. The van der Waals surface area contributed by atoms with Crippen LogP contribution in [0.1, 0.15) is 5.56 Å².